The van der Waals surface area contributed by atoms with E-state index in [0.717, 1.165) is 49.4 Å². The highest BCUT2D eigenvalue weighted by Gasteiger charge is 2.31. The number of nitrogens with zero attached hydrogens (tertiary/aromatic N) is 4. The van der Waals surface area contributed by atoms with Gasteiger partial charge < -0.3 is 30.3 Å². The molecule has 2 aliphatic rings. The summed E-state index contributed by atoms with van der Waals surface area (Å²) in [5.41, 5.74) is 4.20. The Hall–Kier alpha value is -4.15. The summed E-state index contributed by atoms with van der Waals surface area (Å²) < 4.78 is 6.66. The zero-order valence-corrected chi connectivity index (χ0v) is 26.6. The molecular weight excluding hydrogens is 568 g/mol. The molecule has 0 radical (unpaired) electrons. The van der Waals surface area contributed by atoms with Crippen molar-refractivity contribution in [1.29, 1.82) is 0 Å². The van der Waals surface area contributed by atoms with Crippen molar-refractivity contribution in [2.24, 2.45) is 5.92 Å². The van der Waals surface area contributed by atoms with Gasteiger partial charge in [-0.05, 0) is 81.3 Å². The van der Waals surface area contributed by atoms with Gasteiger partial charge in [0, 0.05) is 62.3 Å². The van der Waals surface area contributed by atoms with Crippen molar-refractivity contribution in [3.8, 4) is 5.75 Å². The van der Waals surface area contributed by atoms with E-state index in [4.69, 9.17) is 4.74 Å². The van der Waals surface area contributed by atoms with Crippen LogP contribution in [0.1, 0.15) is 44.2 Å². The Kier molecular flexibility index (Phi) is 10.9. The lowest BCUT2D eigenvalue weighted by Gasteiger charge is -2.34. The molecule has 0 unspecified atom stereocenters. The average molecular weight is 615 g/mol. The summed E-state index contributed by atoms with van der Waals surface area (Å²) in [5, 5.41) is 16.0. The molecule has 3 aromatic rings. The van der Waals surface area contributed by atoms with Gasteiger partial charge in [-0.1, -0.05) is 19.1 Å². The SMILES string of the molecule is C[C@@H]1CN([C@@H](C)CO)C(=O)Cc2cc(NC(=O)Nc3ccccc3N3CCCCC3)ccc2O[C@H]1CN(C)Cc1ccncc1. The third-order valence-electron chi connectivity index (χ3n) is 8.72. The zero-order chi connectivity index (χ0) is 31.8. The Morgan fingerprint density at radius 3 is 2.60 bits per heavy atom. The lowest BCUT2D eigenvalue weighted by Crippen LogP contribution is -2.47. The summed E-state index contributed by atoms with van der Waals surface area (Å²) in [6.45, 7) is 7.61. The van der Waals surface area contributed by atoms with Crippen LogP contribution in [-0.2, 0) is 17.8 Å². The van der Waals surface area contributed by atoms with Gasteiger partial charge in [0.25, 0.3) is 0 Å². The second kappa shape index (κ2) is 15.2. The number of likely N-dealkylation sites (N-methyl/N-ethyl adjacent to an activating group) is 1. The maximum Gasteiger partial charge on any atom is 0.323 e. The van der Waals surface area contributed by atoms with Gasteiger partial charge in [0.2, 0.25) is 5.91 Å². The second-order valence-corrected chi connectivity index (χ2v) is 12.4. The van der Waals surface area contributed by atoms with Crippen LogP contribution in [0.25, 0.3) is 0 Å². The van der Waals surface area contributed by atoms with Crippen molar-refractivity contribution >= 4 is 29.0 Å². The van der Waals surface area contributed by atoms with Crippen molar-refractivity contribution in [2.45, 2.75) is 58.2 Å². The van der Waals surface area contributed by atoms with Crippen molar-refractivity contribution in [1.82, 2.24) is 14.8 Å². The average Bonchev–Trinajstić information content (AvgIpc) is 3.09. The van der Waals surface area contributed by atoms with Gasteiger partial charge in [-0.3, -0.25) is 14.7 Å². The number of ether oxygens (including phenoxy) is 1. The molecule has 10 nitrogen and oxygen atoms in total. The van der Waals surface area contributed by atoms with Gasteiger partial charge in [0.05, 0.1) is 30.4 Å². The van der Waals surface area contributed by atoms with Gasteiger partial charge in [0.15, 0.2) is 0 Å². The number of amides is 3. The minimum absolute atomic E-state index is 0.00246. The molecular formula is C35H46N6O4. The first-order valence-corrected chi connectivity index (χ1v) is 16.0. The molecule has 0 aliphatic carbocycles. The molecule has 5 rings (SSSR count). The molecule has 3 N–H and O–H groups in total. The third-order valence-corrected chi connectivity index (χ3v) is 8.72. The predicted octanol–water partition coefficient (Wildman–Crippen LogP) is 5.00. The lowest BCUT2D eigenvalue weighted by molar-refractivity contribution is -0.134. The molecule has 10 heteroatoms. The number of hydrogen-bond acceptors (Lipinski definition) is 7. The summed E-state index contributed by atoms with van der Waals surface area (Å²) in [4.78, 5) is 37.2. The van der Waals surface area contributed by atoms with Crippen LogP contribution in [0.3, 0.4) is 0 Å². The van der Waals surface area contributed by atoms with E-state index in [9.17, 15) is 14.7 Å². The van der Waals surface area contributed by atoms with Crippen LogP contribution in [0.4, 0.5) is 21.9 Å². The van der Waals surface area contributed by atoms with Crippen LogP contribution >= 0.6 is 0 Å². The van der Waals surface area contributed by atoms with E-state index < -0.39 is 0 Å². The Morgan fingerprint density at radius 2 is 1.84 bits per heavy atom. The smallest absolute Gasteiger partial charge is 0.323 e. The first kappa shape index (κ1) is 32.2. The van der Waals surface area contributed by atoms with E-state index in [-0.39, 0.29) is 43.0 Å². The fourth-order valence-corrected chi connectivity index (χ4v) is 6.17. The third kappa shape index (κ3) is 8.52. The van der Waals surface area contributed by atoms with Crippen molar-refractivity contribution < 1.29 is 19.4 Å². The number of carbonyl (C=O) groups excluding carboxylic acids is 2. The molecule has 0 bridgehead atoms. The topological polar surface area (TPSA) is 110 Å². The van der Waals surface area contributed by atoms with Crippen LogP contribution in [0.2, 0.25) is 0 Å². The van der Waals surface area contributed by atoms with Crippen molar-refractivity contribution in [3.63, 3.8) is 0 Å². The predicted molar refractivity (Wildman–Crippen MR) is 178 cm³/mol. The minimum Gasteiger partial charge on any atom is -0.488 e. The van der Waals surface area contributed by atoms with Crippen LogP contribution in [0, 0.1) is 5.92 Å². The maximum atomic E-state index is 13.6. The van der Waals surface area contributed by atoms with E-state index in [0.29, 0.717) is 30.1 Å². The Bertz CT molecular complexity index is 1430. The molecule has 45 heavy (non-hydrogen) atoms. The standard InChI is InChI=1S/C35H46N6O4/c1-25-21-41(26(2)24-42)34(43)20-28-19-29(11-12-32(28)45-33(25)23-39(3)22-27-13-15-36-16-14-27)37-35(44)38-30-9-5-6-10-31(30)40-17-7-4-8-18-40/h5-6,9-16,19,25-26,33,42H,4,7-8,17-18,20-24H2,1-3H3,(H2,37,38,44)/t25-,26+,33+/m1/s1. The van der Waals surface area contributed by atoms with Crippen molar-refractivity contribution in [2.75, 3.05) is 55.4 Å². The summed E-state index contributed by atoms with van der Waals surface area (Å²) in [6, 6.07) is 16.7. The number of para-hydroxylation sites is 2. The number of anilines is 3. The summed E-state index contributed by atoms with van der Waals surface area (Å²) in [7, 11) is 2.05. The first-order valence-electron chi connectivity index (χ1n) is 16.0. The van der Waals surface area contributed by atoms with Gasteiger partial charge >= 0.3 is 6.03 Å². The number of piperidine rings is 1. The van der Waals surface area contributed by atoms with E-state index in [1.165, 1.54) is 6.42 Å². The van der Waals surface area contributed by atoms with Gasteiger partial charge in [0.1, 0.15) is 11.9 Å². The molecule has 0 spiro atoms. The molecule has 1 aromatic heterocycles. The molecule has 2 aliphatic heterocycles. The van der Waals surface area contributed by atoms with E-state index >= 15 is 0 Å². The van der Waals surface area contributed by atoms with Gasteiger partial charge in [-0.15, -0.1) is 0 Å². The van der Waals surface area contributed by atoms with Crippen LogP contribution < -0.4 is 20.3 Å². The minimum atomic E-state index is -0.352. The first-order chi connectivity index (χ1) is 21.8. The van der Waals surface area contributed by atoms with Crippen LogP contribution in [-0.4, -0.2) is 83.8 Å². The highest BCUT2D eigenvalue weighted by atomic mass is 16.5. The highest BCUT2D eigenvalue weighted by Crippen LogP contribution is 2.31. The number of pyridine rings is 1. The van der Waals surface area contributed by atoms with Crippen LogP contribution in [0.15, 0.2) is 67.0 Å². The fourth-order valence-electron chi connectivity index (χ4n) is 6.17. The number of aliphatic hydroxyl groups is 1. The molecule has 1 fully saturated rings. The number of rotatable bonds is 9. The summed E-state index contributed by atoms with van der Waals surface area (Å²) in [5.74, 6) is 0.533. The molecule has 2 aromatic carbocycles. The molecule has 3 atom stereocenters. The number of benzene rings is 2. The number of fused-ring (bicyclic) bond motifs is 1. The number of urea groups is 1. The number of aliphatic hydroxyl groups excluding tert-OH is 1. The Balaban J connectivity index is 1.34. The molecule has 240 valence electrons. The number of carbonyl (C=O) groups is 2. The quantitative estimate of drug-likeness (QED) is 0.311. The second-order valence-electron chi connectivity index (χ2n) is 12.4. The zero-order valence-electron chi connectivity index (χ0n) is 26.6. The van der Waals surface area contributed by atoms with E-state index in [1.54, 1.807) is 17.3 Å². The summed E-state index contributed by atoms with van der Waals surface area (Å²) in [6.07, 6.45) is 6.98. The summed E-state index contributed by atoms with van der Waals surface area (Å²) >= 11 is 0. The largest absolute Gasteiger partial charge is 0.488 e. The Labute approximate surface area is 266 Å². The fraction of sp³-hybridized carbons (Fsp3) is 0.457. The highest BCUT2D eigenvalue weighted by molar-refractivity contribution is 6.02. The maximum absolute atomic E-state index is 13.6. The monoisotopic (exact) mass is 614 g/mol. The lowest BCUT2D eigenvalue weighted by atomic mass is 10.0. The van der Waals surface area contributed by atoms with E-state index in [2.05, 4.69) is 39.4 Å². The normalized spacial score (nSPS) is 19.5. The number of aromatic nitrogens is 1. The van der Waals surface area contributed by atoms with Gasteiger partial charge in [-0.25, -0.2) is 4.79 Å². The Morgan fingerprint density at radius 1 is 1.09 bits per heavy atom. The van der Waals surface area contributed by atoms with Crippen LogP contribution in [0.5, 0.6) is 5.75 Å². The molecule has 3 heterocycles. The van der Waals surface area contributed by atoms with E-state index in [1.807, 2.05) is 61.5 Å². The van der Waals surface area contributed by atoms with Gasteiger partial charge in [-0.2, -0.15) is 0 Å². The molecule has 1 saturated heterocycles. The number of nitrogens with one attached hydrogen (secondary N) is 2. The molecule has 3 amide bonds. The molecule has 0 saturated carbocycles. The van der Waals surface area contributed by atoms with Crippen molar-refractivity contribution in [3.05, 3.63) is 78.1 Å². The number of hydrogen-bond donors (Lipinski definition) is 3.